The maximum Gasteiger partial charge on any atom is 0.275 e. The third kappa shape index (κ3) is 3.18. The van der Waals surface area contributed by atoms with Gasteiger partial charge in [-0.2, -0.15) is 0 Å². The van der Waals surface area contributed by atoms with E-state index in [1.807, 2.05) is 24.3 Å². The number of carbonyl (C=O) groups is 1. The molecule has 3 aromatic rings. The van der Waals surface area contributed by atoms with Gasteiger partial charge in [0.25, 0.3) is 5.91 Å². The quantitative estimate of drug-likeness (QED) is 0.750. The molecule has 0 fully saturated rings. The molecule has 8 heteroatoms. The van der Waals surface area contributed by atoms with Crippen molar-refractivity contribution in [1.82, 2.24) is 19.7 Å². The molecule has 0 aliphatic carbocycles. The summed E-state index contributed by atoms with van der Waals surface area (Å²) in [5.74, 6) is 1.71. The summed E-state index contributed by atoms with van der Waals surface area (Å²) in [6, 6.07) is 7.64. The van der Waals surface area contributed by atoms with Crippen LogP contribution in [-0.2, 0) is 19.5 Å². The Morgan fingerprint density at radius 1 is 1.24 bits per heavy atom. The van der Waals surface area contributed by atoms with Crippen molar-refractivity contribution in [2.24, 2.45) is 5.73 Å². The monoisotopic (exact) mass is 354 g/mol. The van der Waals surface area contributed by atoms with E-state index in [0.717, 1.165) is 47.3 Å². The molecule has 7 nitrogen and oxygen atoms in total. The Kier molecular flexibility index (Phi) is 4.29. The second-order valence-corrected chi connectivity index (χ2v) is 6.85. The smallest absolute Gasteiger partial charge is 0.275 e. The van der Waals surface area contributed by atoms with Crippen LogP contribution >= 0.6 is 11.3 Å². The molecule has 4 rings (SSSR count). The van der Waals surface area contributed by atoms with Crippen molar-refractivity contribution in [3.05, 3.63) is 46.2 Å². The van der Waals surface area contributed by atoms with Crippen LogP contribution in [0.5, 0.6) is 0 Å². The molecule has 3 N–H and O–H groups in total. The van der Waals surface area contributed by atoms with Gasteiger partial charge in [0.1, 0.15) is 16.5 Å². The third-order valence-electron chi connectivity index (χ3n) is 4.22. The van der Waals surface area contributed by atoms with Crippen LogP contribution < -0.4 is 11.1 Å². The fourth-order valence-corrected chi connectivity index (χ4v) is 3.58. The van der Waals surface area contributed by atoms with Crippen LogP contribution in [-0.4, -0.2) is 25.7 Å². The molecule has 0 bridgehead atoms. The van der Waals surface area contributed by atoms with Crippen LogP contribution in [0.4, 0.5) is 5.69 Å². The SMILES string of the molecule is NCc1nc(C(=O)Nc2ccc(-c3nnc4n3CCCC4)cc2)cs1. The van der Waals surface area contributed by atoms with Crippen LogP contribution in [0.3, 0.4) is 0 Å². The number of fused-ring (bicyclic) bond motifs is 1. The second kappa shape index (κ2) is 6.73. The first kappa shape index (κ1) is 15.9. The number of nitrogens with zero attached hydrogens (tertiary/aromatic N) is 4. The molecular weight excluding hydrogens is 336 g/mol. The Bertz CT molecular complexity index is 898. The molecule has 0 unspecified atom stereocenters. The predicted octanol–water partition coefficient (Wildman–Crippen LogP) is 2.45. The fourth-order valence-electron chi connectivity index (χ4n) is 2.93. The zero-order valence-electron chi connectivity index (χ0n) is 13.6. The molecule has 3 heterocycles. The maximum absolute atomic E-state index is 12.2. The molecule has 0 radical (unpaired) electrons. The van der Waals surface area contributed by atoms with Crippen molar-refractivity contribution in [3.8, 4) is 11.4 Å². The number of hydrogen-bond acceptors (Lipinski definition) is 6. The van der Waals surface area contributed by atoms with Crippen molar-refractivity contribution in [2.75, 3.05) is 5.32 Å². The lowest BCUT2D eigenvalue weighted by atomic mass is 10.1. The normalized spacial score (nSPS) is 13.5. The summed E-state index contributed by atoms with van der Waals surface area (Å²) in [5, 5.41) is 13.9. The minimum atomic E-state index is -0.233. The van der Waals surface area contributed by atoms with Gasteiger partial charge in [-0.15, -0.1) is 21.5 Å². The highest BCUT2D eigenvalue weighted by atomic mass is 32.1. The van der Waals surface area contributed by atoms with Gasteiger partial charge in [0, 0.05) is 36.1 Å². The van der Waals surface area contributed by atoms with E-state index < -0.39 is 0 Å². The molecule has 0 saturated carbocycles. The number of rotatable bonds is 4. The fraction of sp³-hybridized carbons (Fsp3) is 0.294. The van der Waals surface area contributed by atoms with Crippen LogP contribution in [0.1, 0.15) is 34.2 Å². The first-order valence-corrected chi connectivity index (χ1v) is 9.11. The number of carbonyl (C=O) groups excluding carboxylic acids is 1. The summed E-state index contributed by atoms with van der Waals surface area (Å²) in [5.41, 5.74) is 7.64. The molecule has 128 valence electrons. The van der Waals surface area contributed by atoms with Crippen LogP contribution in [0, 0.1) is 0 Å². The zero-order chi connectivity index (χ0) is 17.2. The van der Waals surface area contributed by atoms with Crippen molar-refractivity contribution in [3.63, 3.8) is 0 Å². The average molecular weight is 354 g/mol. The highest BCUT2D eigenvalue weighted by Crippen LogP contribution is 2.24. The Labute approximate surface area is 148 Å². The number of thiazole rings is 1. The summed E-state index contributed by atoms with van der Waals surface area (Å²) in [6.45, 7) is 1.30. The largest absolute Gasteiger partial charge is 0.325 e. The van der Waals surface area contributed by atoms with Gasteiger partial charge in [0.15, 0.2) is 5.82 Å². The summed E-state index contributed by atoms with van der Waals surface area (Å²) >= 11 is 1.39. The maximum atomic E-state index is 12.2. The van der Waals surface area contributed by atoms with Crippen molar-refractivity contribution in [1.29, 1.82) is 0 Å². The first-order chi connectivity index (χ1) is 12.2. The average Bonchev–Trinajstić information content (AvgIpc) is 3.29. The number of anilines is 1. The molecule has 1 aliphatic heterocycles. The summed E-state index contributed by atoms with van der Waals surface area (Å²) in [7, 11) is 0. The summed E-state index contributed by atoms with van der Waals surface area (Å²) in [4.78, 5) is 16.4. The lowest BCUT2D eigenvalue weighted by Gasteiger charge is -2.14. The van der Waals surface area contributed by atoms with Gasteiger partial charge in [-0.1, -0.05) is 0 Å². The summed E-state index contributed by atoms with van der Waals surface area (Å²) < 4.78 is 2.18. The predicted molar refractivity (Wildman–Crippen MR) is 96.4 cm³/mol. The van der Waals surface area contributed by atoms with E-state index in [2.05, 4.69) is 25.1 Å². The Hall–Kier alpha value is -2.58. The van der Waals surface area contributed by atoms with Crippen molar-refractivity contribution in [2.45, 2.75) is 32.4 Å². The standard InChI is InChI=1S/C17H18N6OS/c18-9-15-20-13(10-25-15)17(24)19-12-6-4-11(5-7-12)16-22-21-14-3-1-2-8-23(14)16/h4-7,10H,1-3,8-9,18H2,(H,19,24). The Balaban J connectivity index is 1.50. The van der Waals surface area contributed by atoms with E-state index in [-0.39, 0.29) is 5.91 Å². The summed E-state index contributed by atoms with van der Waals surface area (Å²) in [6.07, 6.45) is 3.32. The molecule has 1 aliphatic rings. The molecule has 0 atom stereocenters. The van der Waals surface area contributed by atoms with Gasteiger partial charge in [0.05, 0.1) is 0 Å². The number of aryl methyl sites for hydroxylation is 1. The van der Waals surface area contributed by atoms with E-state index in [4.69, 9.17) is 5.73 Å². The van der Waals surface area contributed by atoms with Gasteiger partial charge in [-0.05, 0) is 37.1 Å². The van der Waals surface area contributed by atoms with Crippen LogP contribution in [0.25, 0.3) is 11.4 Å². The van der Waals surface area contributed by atoms with Gasteiger partial charge >= 0.3 is 0 Å². The van der Waals surface area contributed by atoms with Gasteiger partial charge in [0.2, 0.25) is 0 Å². The van der Waals surface area contributed by atoms with Crippen molar-refractivity contribution < 1.29 is 4.79 Å². The number of nitrogens with one attached hydrogen (secondary N) is 1. The molecule has 25 heavy (non-hydrogen) atoms. The first-order valence-electron chi connectivity index (χ1n) is 8.23. The van der Waals surface area contributed by atoms with Gasteiger partial charge in [-0.25, -0.2) is 4.98 Å². The Morgan fingerprint density at radius 2 is 2.08 bits per heavy atom. The lowest BCUT2D eigenvalue weighted by Crippen LogP contribution is -2.13. The minimum absolute atomic E-state index is 0.233. The third-order valence-corrected chi connectivity index (χ3v) is 5.09. The molecule has 0 spiro atoms. The lowest BCUT2D eigenvalue weighted by molar-refractivity contribution is 0.102. The zero-order valence-corrected chi connectivity index (χ0v) is 14.4. The second-order valence-electron chi connectivity index (χ2n) is 5.91. The van der Waals surface area contributed by atoms with Crippen LogP contribution in [0.15, 0.2) is 29.6 Å². The van der Waals surface area contributed by atoms with E-state index in [9.17, 15) is 4.79 Å². The number of benzene rings is 1. The topological polar surface area (TPSA) is 98.7 Å². The van der Waals surface area contributed by atoms with E-state index in [1.54, 1.807) is 5.38 Å². The van der Waals surface area contributed by atoms with E-state index in [0.29, 0.717) is 12.2 Å². The Morgan fingerprint density at radius 3 is 2.84 bits per heavy atom. The molecule has 0 saturated heterocycles. The minimum Gasteiger partial charge on any atom is -0.325 e. The number of amides is 1. The van der Waals surface area contributed by atoms with Crippen molar-refractivity contribution >= 4 is 22.9 Å². The van der Waals surface area contributed by atoms with Gasteiger partial charge < -0.3 is 15.6 Å². The molecule has 1 aromatic carbocycles. The highest BCUT2D eigenvalue weighted by Gasteiger charge is 2.17. The highest BCUT2D eigenvalue weighted by molar-refractivity contribution is 7.09. The number of aromatic nitrogens is 4. The van der Waals surface area contributed by atoms with Crippen LogP contribution in [0.2, 0.25) is 0 Å². The molecule has 1 amide bonds. The number of nitrogens with two attached hydrogens (primary N) is 1. The van der Waals surface area contributed by atoms with E-state index in [1.165, 1.54) is 17.8 Å². The van der Waals surface area contributed by atoms with E-state index >= 15 is 0 Å². The molecule has 2 aromatic heterocycles. The number of hydrogen-bond donors (Lipinski definition) is 2. The van der Waals surface area contributed by atoms with Gasteiger partial charge in [-0.3, -0.25) is 4.79 Å². The molecular formula is C17H18N6OS.